The first kappa shape index (κ1) is 14.3. The Morgan fingerprint density at radius 1 is 0.792 bits per heavy atom. The van der Waals surface area contributed by atoms with Crippen LogP contribution >= 0.6 is 0 Å². The third kappa shape index (κ3) is 1.83. The molecule has 0 radical (unpaired) electrons. The predicted octanol–water partition coefficient (Wildman–Crippen LogP) is 3.38. The van der Waals surface area contributed by atoms with Gasteiger partial charge in [0.05, 0.1) is 0 Å². The number of carbonyl (C=O) groups is 1. The summed E-state index contributed by atoms with van der Waals surface area (Å²) < 4.78 is 0. The fourth-order valence-corrected chi connectivity index (χ4v) is 3.48. The lowest BCUT2D eigenvalue weighted by atomic mass is 9.70. The second-order valence-corrected chi connectivity index (χ2v) is 5.82. The van der Waals surface area contributed by atoms with Crippen molar-refractivity contribution in [3.8, 4) is 11.5 Å². The lowest BCUT2D eigenvalue weighted by Gasteiger charge is -2.29. The van der Waals surface area contributed by atoms with Gasteiger partial charge in [0.15, 0.2) is 0 Å². The topological polar surface area (TPSA) is 69.6 Å². The van der Waals surface area contributed by atoms with Crippen molar-refractivity contribution in [2.75, 3.05) is 5.32 Å². The Bertz CT molecular complexity index is 937. The molecule has 0 aromatic heterocycles. The molecule has 1 unspecified atom stereocenters. The Morgan fingerprint density at radius 2 is 1.50 bits per heavy atom. The first-order chi connectivity index (χ1) is 11.6. The Kier molecular flexibility index (Phi) is 3.06. The average molecular weight is 317 g/mol. The highest BCUT2D eigenvalue weighted by Gasteiger charge is 2.51. The van der Waals surface area contributed by atoms with E-state index in [4.69, 9.17) is 0 Å². The molecule has 0 spiro atoms. The van der Waals surface area contributed by atoms with Gasteiger partial charge in [-0.2, -0.15) is 0 Å². The molecule has 118 valence electrons. The summed E-state index contributed by atoms with van der Waals surface area (Å²) in [6, 6.07) is 20.9. The monoisotopic (exact) mass is 317 g/mol. The molecule has 1 aliphatic heterocycles. The van der Waals surface area contributed by atoms with Gasteiger partial charge in [0, 0.05) is 16.8 Å². The summed E-state index contributed by atoms with van der Waals surface area (Å²) in [7, 11) is 0. The van der Waals surface area contributed by atoms with Gasteiger partial charge >= 0.3 is 0 Å². The van der Waals surface area contributed by atoms with Crippen molar-refractivity contribution in [2.24, 2.45) is 0 Å². The van der Waals surface area contributed by atoms with Gasteiger partial charge in [0.25, 0.3) is 0 Å². The van der Waals surface area contributed by atoms with Gasteiger partial charge in [-0.05, 0) is 29.8 Å². The molecule has 24 heavy (non-hydrogen) atoms. The van der Waals surface area contributed by atoms with Crippen molar-refractivity contribution >= 4 is 11.6 Å². The molecule has 0 aliphatic carbocycles. The summed E-state index contributed by atoms with van der Waals surface area (Å²) in [5, 5.41) is 23.3. The number of rotatable bonds is 2. The number of para-hydroxylation sites is 1. The van der Waals surface area contributed by atoms with Crippen LogP contribution in [0.2, 0.25) is 0 Å². The van der Waals surface area contributed by atoms with Crippen molar-refractivity contribution in [3.63, 3.8) is 0 Å². The van der Waals surface area contributed by atoms with Crippen molar-refractivity contribution in [1.29, 1.82) is 0 Å². The minimum absolute atomic E-state index is 0.00436. The van der Waals surface area contributed by atoms with Crippen LogP contribution in [0.4, 0.5) is 5.69 Å². The minimum Gasteiger partial charge on any atom is -0.508 e. The van der Waals surface area contributed by atoms with E-state index in [0.29, 0.717) is 11.3 Å². The molecule has 1 atom stereocenters. The third-order valence-electron chi connectivity index (χ3n) is 4.51. The van der Waals surface area contributed by atoms with E-state index in [1.807, 2.05) is 54.6 Å². The smallest absolute Gasteiger partial charge is 0.244 e. The van der Waals surface area contributed by atoms with Crippen LogP contribution in [-0.4, -0.2) is 16.1 Å². The fourth-order valence-electron chi connectivity index (χ4n) is 3.48. The number of amides is 1. The third-order valence-corrected chi connectivity index (χ3v) is 4.51. The fraction of sp³-hybridized carbons (Fsp3) is 0.0500. The van der Waals surface area contributed by atoms with E-state index in [1.54, 1.807) is 0 Å². The number of anilines is 1. The molecular weight excluding hydrogens is 302 g/mol. The summed E-state index contributed by atoms with van der Waals surface area (Å²) in [6.07, 6.45) is 0. The highest BCUT2D eigenvalue weighted by molar-refractivity contribution is 6.11. The van der Waals surface area contributed by atoms with E-state index < -0.39 is 5.41 Å². The first-order valence-corrected chi connectivity index (χ1v) is 7.63. The van der Waals surface area contributed by atoms with Gasteiger partial charge in [0.1, 0.15) is 16.9 Å². The number of carbonyl (C=O) groups excluding carboxylic acids is 1. The minimum atomic E-state index is -1.21. The molecule has 3 N–H and O–H groups in total. The van der Waals surface area contributed by atoms with E-state index >= 15 is 0 Å². The zero-order valence-corrected chi connectivity index (χ0v) is 12.7. The van der Waals surface area contributed by atoms with Gasteiger partial charge in [-0.15, -0.1) is 0 Å². The van der Waals surface area contributed by atoms with Crippen molar-refractivity contribution < 1.29 is 15.0 Å². The van der Waals surface area contributed by atoms with Gasteiger partial charge in [-0.1, -0.05) is 48.5 Å². The molecule has 1 amide bonds. The summed E-state index contributed by atoms with van der Waals surface area (Å²) in [5.41, 5.74) is 1.33. The van der Waals surface area contributed by atoms with Crippen LogP contribution < -0.4 is 5.32 Å². The van der Waals surface area contributed by atoms with Gasteiger partial charge in [-0.25, -0.2) is 0 Å². The van der Waals surface area contributed by atoms with E-state index in [2.05, 4.69) is 5.32 Å². The second kappa shape index (κ2) is 5.13. The number of aromatic hydroxyl groups is 2. The van der Waals surface area contributed by atoms with Gasteiger partial charge in [-0.3, -0.25) is 4.79 Å². The van der Waals surface area contributed by atoms with E-state index in [0.717, 1.165) is 11.1 Å². The molecule has 4 nitrogen and oxygen atoms in total. The number of phenols is 2. The van der Waals surface area contributed by atoms with Crippen LogP contribution in [0, 0.1) is 0 Å². The number of benzene rings is 3. The van der Waals surface area contributed by atoms with Gasteiger partial charge < -0.3 is 15.5 Å². The lowest BCUT2D eigenvalue weighted by molar-refractivity contribution is -0.118. The highest BCUT2D eigenvalue weighted by atomic mass is 16.3. The van der Waals surface area contributed by atoms with Crippen molar-refractivity contribution in [2.45, 2.75) is 5.41 Å². The highest BCUT2D eigenvalue weighted by Crippen LogP contribution is 2.50. The molecule has 3 aromatic rings. The summed E-state index contributed by atoms with van der Waals surface area (Å²) >= 11 is 0. The van der Waals surface area contributed by atoms with Crippen LogP contribution in [0.5, 0.6) is 11.5 Å². The predicted molar refractivity (Wildman–Crippen MR) is 91.2 cm³/mol. The SMILES string of the molecule is O=C1Nc2ccccc2C1(c1ccccc1)c1cc(O)ccc1O. The summed E-state index contributed by atoms with van der Waals surface area (Å²) in [5.74, 6) is -0.297. The molecular formula is C20H15NO3. The maximum atomic E-state index is 13.1. The molecule has 0 fully saturated rings. The first-order valence-electron chi connectivity index (χ1n) is 7.63. The number of hydrogen-bond donors (Lipinski definition) is 3. The van der Waals surface area contributed by atoms with E-state index in [9.17, 15) is 15.0 Å². The van der Waals surface area contributed by atoms with Crippen LogP contribution in [0.15, 0.2) is 72.8 Å². The zero-order chi connectivity index (χ0) is 16.7. The quantitative estimate of drug-likeness (QED) is 0.635. The molecule has 1 heterocycles. The zero-order valence-electron chi connectivity index (χ0n) is 12.7. The van der Waals surface area contributed by atoms with E-state index in [1.165, 1.54) is 18.2 Å². The number of fused-ring (bicyclic) bond motifs is 1. The number of phenolic OH excluding ortho intramolecular Hbond substituents is 2. The average Bonchev–Trinajstić information content (AvgIpc) is 2.90. The molecule has 4 heteroatoms. The van der Waals surface area contributed by atoms with Crippen LogP contribution in [-0.2, 0) is 10.2 Å². The van der Waals surface area contributed by atoms with Crippen molar-refractivity contribution in [1.82, 2.24) is 0 Å². The summed E-state index contributed by atoms with van der Waals surface area (Å²) in [6.45, 7) is 0. The number of hydrogen-bond acceptors (Lipinski definition) is 3. The van der Waals surface area contributed by atoms with Crippen LogP contribution in [0.25, 0.3) is 0 Å². The van der Waals surface area contributed by atoms with E-state index in [-0.39, 0.29) is 17.4 Å². The number of nitrogens with one attached hydrogen (secondary N) is 1. The summed E-state index contributed by atoms with van der Waals surface area (Å²) in [4.78, 5) is 13.1. The maximum absolute atomic E-state index is 13.1. The maximum Gasteiger partial charge on any atom is 0.244 e. The molecule has 3 aromatic carbocycles. The second-order valence-electron chi connectivity index (χ2n) is 5.82. The van der Waals surface area contributed by atoms with Crippen molar-refractivity contribution in [3.05, 3.63) is 89.5 Å². The Labute approximate surface area is 139 Å². The molecule has 0 bridgehead atoms. The molecule has 1 aliphatic rings. The Hall–Kier alpha value is -3.27. The van der Waals surface area contributed by atoms with Crippen LogP contribution in [0.3, 0.4) is 0 Å². The Morgan fingerprint density at radius 3 is 2.29 bits per heavy atom. The molecule has 4 rings (SSSR count). The van der Waals surface area contributed by atoms with Crippen LogP contribution in [0.1, 0.15) is 16.7 Å². The standard InChI is InChI=1S/C20H15NO3/c22-14-10-11-18(23)16(12-14)20(13-6-2-1-3-7-13)15-8-4-5-9-17(15)21-19(20)24/h1-12,22-23H,(H,21,24). The lowest BCUT2D eigenvalue weighted by Crippen LogP contribution is -2.37. The normalized spacial score (nSPS) is 18.9. The molecule has 0 saturated carbocycles. The largest absolute Gasteiger partial charge is 0.508 e. The van der Waals surface area contributed by atoms with Gasteiger partial charge in [0.2, 0.25) is 5.91 Å². The molecule has 0 saturated heterocycles. The Balaban J connectivity index is 2.13.